The summed E-state index contributed by atoms with van der Waals surface area (Å²) in [6, 6.07) is 11.1. The number of nitrogens with one attached hydrogen (secondary N) is 1. The number of carbonyl (C=O) groups is 2. The molecule has 2 aromatic carbocycles. The number of hydrogen-bond donors (Lipinski definition) is 2. The molecule has 2 N–H and O–H groups in total. The highest BCUT2D eigenvalue weighted by atomic mass is 19.1. The number of piperidine rings is 1. The number of aromatic nitrogens is 2. The smallest absolute Gasteiger partial charge is 0.417 e. The van der Waals surface area contributed by atoms with Crippen LogP contribution in [0.25, 0.3) is 0 Å². The molecule has 45 heavy (non-hydrogen) atoms. The van der Waals surface area contributed by atoms with Crippen molar-refractivity contribution in [3.05, 3.63) is 60.0 Å². The minimum absolute atomic E-state index is 0.0609. The molecule has 0 spiro atoms. The Morgan fingerprint density at radius 2 is 1.93 bits per heavy atom. The van der Waals surface area contributed by atoms with Crippen LogP contribution >= 0.6 is 0 Å². The first-order valence-electron chi connectivity index (χ1n) is 15.3. The summed E-state index contributed by atoms with van der Waals surface area (Å²) in [5.41, 5.74) is 1.46. The average molecular weight is 623 g/mol. The maximum absolute atomic E-state index is 14.9. The Kier molecular flexibility index (Phi) is 11.5. The summed E-state index contributed by atoms with van der Waals surface area (Å²) < 4.78 is 26.2. The lowest BCUT2D eigenvalue weighted by Crippen LogP contribution is -2.35. The summed E-state index contributed by atoms with van der Waals surface area (Å²) in [6.07, 6.45) is 2.76. The van der Waals surface area contributed by atoms with Crippen LogP contribution in [0.2, 0.25) is 0 Å². The largest absolute Gasteiger partial charge is 0.495 e. The molecule has 2 heterocycles. The molecule has 0 aliphatic carbocycles. The summed E-state index contributed by atoms with van der Waals surface area (Å²) >= 11 is 0. The zero-order valence-electron chi connectivity index (χ0n) is 26.6. The fraction of sp³-hybridized carbons (Fsp3) is 0.455. The number of benzene rings is 2. The zero-order valence-corrected chi connectivity index (χ0v) is 26.6. The normalized spacial score (nSPS) is 15.6. The third-order valence-electron chi connectivity index (χ3n) is 7.97. The van der Waals surface area contributed by atoms with Crippen LogP contribution in [0, 0.1) is 17.7 Å². The molecular formula is C33H43FN6O5. The van der Waals surface area contributed by atoms with Crippen LogP contribution in [-0.4, -0.2) is 83.8 Å². The van der Waals surface area contributed by atoms with Crippen molar-refractivity contribution in [3.8, 4) is 11.5 Å². The fourth-order valence-electron chi connectivity index (χ4n) is 5.62. The second-order valence-electron chi connectivity index (χ2n) is 11.3. The molecule has 0 saturated carbocycles. The second kappa shape index (κ2) is 15.5. The topological polar surface area (TPSA) is 120 Å². The number of nitrogens with zero attached hydrogens (tertiary/aromatic N) is 5. The molecule has 0 bridgehead atoms. The molecule has 3 aromatic rings. The maximum Gasteiger partial charge on any atom is 0.417 e. The molecule has 2 amide bonds. The van der Waals surface area contributed by atoms with E-state index in [1.807, 2.05) is 20.8 Å². The predicted octanol–water partition coefficient (Wildman–Crippen LogP) is 5.95. The van der Waals surface area contributed by atoms with E-state index in [0.717, 1.165) is 36.4 Å². The number of carboxylic acid groups (broad SMARTS) is 1. The molecule has 12 heteroatoms. The molecule has 0 radical (unpaired) electrons. The maximum atomic E-state index is 14.9. The van der Waals surface area contributed by atoms with Crippen molar-refractivity contribution in [1.82, 2.24) is 19.8 Å². The number of ether oxygens (including phenoxy) is 2. The van der Waals surface area contributed by atoms with Crippen molar-refractivity contribution in [2.75, 3.05) is 57.2 Å². The Hall–Kier alpha value is -4.45. The van der Waals surface area contributed by atoms with Crippen molar-refractivity contribution < 1.29 is 28.6 Å². The third-order valence-corrected chi connectivity index (χ3v) is 7.97. The van der Waals surface area contributed by atoms with Crippen LogP contribution in [0.4, 0.5) is 32.3 Å². The van der Waals surface area contributed by atoms with Crippen molar-refractivity contribution in [2.45, 2.75) is 40.0 Å². The van der Waals surface area contributed by atoms with E-state index in [9.17, 15) is 19.1 Å². The van der Waals surface area contributed by atoms with Gasteiger partial charge in [-0.15, -0.1) is 0 Å². The van der Waals surface area contributed by atoms with Crippen molar-refractivity contribution in [3.63, 3.8) is 0 Å². The summed E-state index contributed by atoms with van der Waals surface area (Å²) in [4.78, 5) is 38.9. The quantitative estimate of drug-likeness (QED) is 0.238. The van der Waals surface area contributed by atoms with E-state index in [1.54, 1.807) is 35.2 Å². The molecule has 2 unspecified atom stereocenters. The van der Waals surface area contributed by atoms with Crippen LogP contribution in [0.5, 0.6) is 11.5 Å². The number of amides is 2. The van der Waals surface area contributed by atoms with Crippen LogP contribution in [0.1, 0.15) is 39.2 Å². The first-order chi connectivity index (χ1) is 21.6. The lowest BCUT2D eigenvalue weighted by Gasteiger charge is -2.29. The van der Waals surface area contributed by atoms with Gasteiger partial charge in [-0.3, -0.25) is 4.79 Å². The van der Waals surface area contributed by atoms with Gasteiger partial charge < -0.3 is 29.7 Å². The molecule has 1 aliphatic heterocycles. The van der Waals surface area contributed by atoms with Gasteiger partial charge in [0, 0.05) is 55.5 Å². The Morgan fingerprint density at radius 3 is 2.60 bits per heavy atom. The lowest BCUT2D eigenvalue weighted by molar-refractivity contribution is -0.134. The highest BCUT2D eigenvalue weighted by Crippen LogP contribution is 2.35. The predicted molar refractivity (Wildman–Crippen MR) is 171 cm³/mol. The van der Waals surface area contributed by atoms with Gasteiger partial charge in [0.15, 0.2) is 11.6 Å². The monoisotopic (exact) mass is 622 g/mol. The Bertz CT molecular complexity index is 1470. The fourth-order valence-corrected chi connectivity index (χ4v) is 5.62. The molecule has 11 nitrogen and oxygen atoms in total. The van der Waals surface area contributed by atoms with Crippen LogP contribution in [-0.2, 0) is 11.2 Å². The van der Waals surface area contributed by atoms with Gasteiger partial charge in [-0.1, -0.05) is 13.0 Å². The summed E-state index contributed by atoms with van der Waals surface area (Å²) in [7, 11) is 3.53. The average Bonchev–Trinajstić information content (AvgIpc) is 3.02. The summed E-state index contributed by atoms with van der Waals surface area (Å²) in [5.74, 6) is 0.262. The molecule has 1 fully saturated rings. The molecule has 1 aromatic heterocycles. The number of methoxy groups -OCH3 is 1. The van der Waals surface area contributed by atoms with E-state index >= 15 is 0 Å². The highest BCUT2D eigenvalue weighted by molar-refractivity contribution is 5.95. The van der Waals surface area contributed by atoms with Crippen LogP contribution < -0.4 is 19.7 Å². The van der Waals surface area contributed by atoms with Gasteiger partial charge in [0.2, 0.25) is 11.9 Å². The van der Waals surface area contributed by atoms with E-state index in [1.165, 1.54) is 25.4 Å². The molecular weight excluding hydrogens is 579 g/mol. The minimum atomic E-state index is -1.28. The van der Waals surface area contributed by atoms with E-state index in [2.05, 4.69) is 27.2 Å². The van der Waals surface area contributed by atoms with Crippen LogP contribution in [0.15, 0.2) is 48.7 Å². The number of hydrogen-bond acceptors (Lipinski definition) is 8. The van der Waals surface area contributed by atoms with Gasteiger partial charge in [-0.25, -0.2) is 19.1 Å². The number of rotatable bonds is 13. The van der Waals surface area contributed by atoms with Crippen molar-refractivity contribution in [2.24, 2.45) is 11.8 Å². The van der Waals surface area contributed by atoms with E-state index in [-0.39, 0.29) is 35.0 Å². The molecule has 4 rings (SSSR count). The van der Waals surface area contributed by atoms with E-state index in [0.29, 0.717) is 43.5 Å². The van der Waals surface area contributed by atoms with Crippen LogP contribution in [0.3, 0.4) is 0 Å². The number of anilines is 4. The molecule has 1 aliphatic rings. The lowest BCUT2D eigenvalue weighted by atomic mass is 9.99. The zero-order chi connectivity index (χ0) is 32.5. The Labute approximate surface area is 264 Å². The van der Waals surface area contributed by atoms with Crippen molar-refractivity contribution >= 4 is 35.1 Å². The first kappa shape index (κ1) is 33.4. The third kappa shape index (κ3) is 8.59. The summed E-state index contributed by atoms with van der Waals surface area (Å²) in [6.45, 7) is 9.49. The Balaban J connectivity index is 1.48. The first-order valence-corrected chi connectivity index (χ1v) is 15.3. The van der Waals surface area contributed by atoms with Gasteiger partial charge in [0.05, 0.1) is 19.4 Å². The van der Waals surface area contributed by atoms with Gasteiger partial charge in [-0.2, -0.15) is 4.98 Å². The number of likely N-dealkylation sites (tertiary alicyclic amines) is 1. The number of carbonyl (C=O) groups excluding carboxylic acids is 1. The molecule has 1 saturated heterocycles. The van der Waals surface area contributed by atoms with E-state index in [4.69, 9.17) is 9.47 Å². The van der Waals surface area contributed by atoms with Crippen molar-refractivity contribution in [1.29, 1.82) is 0 Å². The number of halogens is 1. The minimum Gasteiger partial charge on any atom is -0.495 e. The standard InChI is InChI=1S/C33H43FN6O5/c1-6-39(7-2)31(41)22(3)17-23-10-12-27(29(18-23)44-5)40(33(42)43)30-14-15-35-32(37-30)36-25-11-13-28(26(34)19-25)45-21-24-9-8-16-38(4)20-24/h10-15,18-19,22,24H,6-9,16-17,20-21H2,1-5H3,(H,42,43)(H,35,36,37). The van der Waals surface area contributed by atoms with Gasteiger partial charge in [0.25, 0.3) is 0 Å². The molecule has 2 atom stereocenters. The Morgan fingerprint density at radius 1 is 1.16 bits per heavy atom. The highest BCUT2D eigenvalue weighted by Gasteiger charge is 2.25. The van der Waals surface area contributed by atoms with E-state index < -0.39 is 11.9 Å². The second-order valence-corrected chi connectivity index (χ2v) is 11.3. The van der Waals surface area contributed by atoms with Gasteiger partial charge in [0.1, 0.15) is 11.6 Å². The van der Waals surface area contributed by atoms with Gasteiger partial charge in [-0.05, 0) is 76.5 Å². The molecule has 242 valence electrons. The summed E-state index contributed by atoms with van der Waals surface area (Å²) in [5, 5.41) is 13.1. The van der Waals surface area contributed by atoms with Gasteiger partial charge >= 0.3 is 6.09 Å². The SMILES string of the molecule is CCN(CC)C(=O)C(C)Cc1ccc(N(C(=O)O)c2ccnc(Nc3ccc(OCC4CCCN(C)C4)c(F)c3)n2)c(OC)c1.